The molecule has 0 saturated carbocycles. The number of benzene rings is 2. The molecule has 4 rings (SSSR count). The van der Waals surface area contributed by atoms with Crippen LogP contribution in [0, 0.1) is 19.3 Å². The van der Waals surface area contributed by atoms with E-state index in [1.165, 1.54) is 10.6 Å². The van der Waals surface area contributed by atoms with Gasteiger partial charge in [0.1, 0.15) is 24.7 Å². The van der Waals surface area contributed by atoms with E-state index in [0.29, 0.717) is 41.9 Å². The number of allylic oxidation sites excluding steroid dienone is 1. The Kier molecular flexibility index (Phi) is 6.17. The van der Waals surface area contributed by atoms with Crippen LogP contribution in [0.25, 0.3) is 6.08 Å². The number of fused-ring (bicyclic) bond motifs is 1. The molecule has 33 heavy (non-hydrogen) atoms. The first-order valence-electron chi connectivity index (χ1n) is 10.5. The van der Waals surface area contributed by atoms with Crippen LogP contribution in [0.1, 0.15) is 23.6 Å². The van der Waals surface area contributed by atoms with Crippen molar-refractivity contribution in [3.8, 4) is 17.2 Å². The van der Waals surface area contributed by atoms with Crippen LogP contribution in [-0.4, -0.2) is 43.0 Å². The quantitative estimate of drug-likeness (QED) is 0.505. The zero-order valence-corrected chi connectivity index (χ0v) is 19.0. The zero-order valence-electron chi connectivity index (χ0n) is 19.0. The summed E-state index contributed by atoms with van der Waals surface area (Å²) in [7, 11) is 1.54. The maximum atomic E-state index is 12.4. The first-order chi connectivity index (χ1) is 15.9. The summed E-state index contributed by atoms with van der Waals surface area (Å²) in [5, 5.41) is 9.55. The van der Waals surface area contributed by atoms with Crippen LogP contribution < -0.4 is 14.2 Å². The van der Waals surface area contributed by atoms with Crippen molar-refractivity contribution in [1.82, 2.24) is 5.06 Å². The summed E-state index contributed by atoms with van der Waals surface area (Å²) in [4.78, 5) is 21.9. The van der Waals surface area contributed by atoms with Crippen LogP contribution in [0.4, 0.5) is 0 Å². The summed E-state index contributed by atoms with van der Waals surface area (Å²) >= 11 is 0. The van der Waals surface area contributed by atoms with E-state index in [9.17, 15) is 4.79 Å². The van der Waals surface area contributed by atoms with Gasteiger partial charge >= 0.3 is 0 Å². The Morgan fingerprint density at radius 2 is 1.76 bits per heavy atom. The van der Waals surface area contributed by atoms with Crippen molar-refractivity contribution in [1.29, 1.82) is 5.41 Å². The monoisotopic (exact) mass is 447 g/mol. The number of rotatable bonds is 7. The lowest BCUT2D eigenvalue weighted by molar-refractivity contribution is -0.114. The Balaban J connectivity index is 1.43. The molecule has 8 heteroatoms. The first-order valence-corrected chi connectivity index (χ1v) is 10.5. The second kappa shape index (κ2) is 9.20. The molecule has 2 aliphatic heterocycles. The molecule has 0 radical (unpaired) electrons. The Hall–Kier alpha value is -4.07. The third-order valence-electron chi connectivity index (χ3n) is 5.11. The molecule has 170 valence electrons. The molecule has 2 heterocycles. The molecule has 0 bridgehead atoms. The largest absolute Gasteiger partial charge is 0.493 e. The van der Waals surface area contributed by atoms with E-state index in [4.69, 9.17) is 24.5 Å². The fourth-order valence-corrected chi connectivity index (χ4v) is 3.52. The fraction of sp³-hybridized carbons (Fsp3) is 0.240. The van der Waals surface area contributed by atoms with E-state index < -0.39 is 5.91 Å². The molecular formula is C25H25N3O5. The normalized spacial score (nSPS) is 16.2. The summed E-state index contributed by atoms with van der Waals surface area (Å²) < 4.78 is 17.1. The van der Waals surface area contributed by atoms with Gasteiger partial charge < -0.3 is 19.0 Å². The van der Waals surface area contributed by atoms with Gasteiger partial charge in [-0.05, 0) is 56.2 Å². The average molecular weight is 447 g/mol. The summed E-state index contributed by atoms with van der Waals surface area (Å²) in [6.45, 7) is 6.51. The van der Waals surface area contributed by atoms with Gasteiger partial charge in [0, 0.05) is 6.08 Å². The second-order valence-corrected chi connectivity index (χ2v) is 7.70. The molecule has 2 aromatic rings. The smallest absolute Gasteiger partial charge is 0.282 e. The predicted molar refractivity (Wildman–Crippen MR) is 125 cm³/mol. The number of carbonyl (C=O) groups is 1. The van der Waals surface area contributed by atoms with Crippen LogP contribution in [0.15, 0.2) is 58.8 Å². The minimum atomic E-state index is -0.497. The number of amides is 1. The van der Waals surface area contributed by atoms with Gasteiger partial charge in [-0.3, -0.25) is 10.2 Å². The third kappa shape index (κ3) is 4.74. The van der Waals surface area contributed by atoms with Crippen molar-refractivity contribution >= 4 is 23.7 Å². The van der Waals surface area contributed by atoms with Gasteiger partial charge in [-0.1, -0.05) is 23.8 Å². The highest BCUT2D eigenvalue weighted by Gasteiger charge is 2.34. The van der Waals surface area contributed by atoms with E-state index >= 15 is 0 Å². The van der Waals surface area contributed by atoms with Crippen molar-refractivity contribution in [2.24, 2.45) is 4.99 Å². The van der Waals surface area contributed by atoms with Gasteiger partial charge in [0.2, 0.25) is 0 Å². The highest BCUT2D eigenvalue weighted by Crippen LogP contribution is 2.30. The topological polar surface area (TPSA) is 93.4 Å². The van der Waals surface area contributed by atoms with Crippen molar-refractivity contribution in [3.63, 3.8) is 0 Å². The number of ether oxygens (including phenoxy) is 3. The second-order valence-electron chi connectivity index (χ2n) is 7.70. The van der Waals surface area contributed by atoms with Gasteiger partial charge in [-0.2, -0.15) is 4.99 Å². The standard InChI is InChI=1S/C25H25N3O5/c1-15-5-7-20(16(2)11-15)31-9-10-32-21-8-6-18(14-22(21)30-4)13-19-24(26)28-23(27-25(19)29)12-17(3)33-28/h5-8,11-14,26H,9-10H2,1-4H3/b19-13-,26-24?. The molecular weight excluding hydrogens is 422 g/mol. The van der Waals surface area contributed by atoms with E-state index in [1.54, 1.807) is 44.4 Å². The Labute approximate surface area is 192 Å². The SMILES string of the molecule is COc1cc(/C=C2/C(=N)N3OC(C)=CC3=NC2=O)ccc1OCCOc1ccc(C)cc1C. The molecule has 1 amide bonds. The highest BCUT2D eigenvalue weighted by molar-refractivity contribution is 6.32. The molecule has 0 atom stereocenters. The highest BCUT2D eigenvalue weighted by atomic mass is 16.7. The first kappa shape index (κ1) is 22.1. The number of hydroxylamine groups is 2. The molecule has 0 spiro atoms. The lowest BCUT2D eigenvalue weighted by Gasteiger charge is -2.23. The van der Waals surface area contributed by atoms with Crippen LogP contribution in [-0.2, 0) is 9.63 Å². The molecule has 0 unspecified atom stereocenters. The van der Waals surface area contributed by atoms with Crippen LogP contribution >= 0.6 is 0 Å². The van der Waals surface area contributed by atoms with Crippen molar-refractivity contribution in [2.45, 2.75) is 20.8 Å². The number of hydrogen-bond acceptors (Lipinski definition) is 6. The number of methoxy groups -OCH3 is 1. The van der Waals surface area contributed by atoms with Gasteiger partial charge in [0.05, 0.1) is 12.7 Å². The maximum absolute atomic E-state index is 12.4. The number of hydrogen-bond donors (Lipinski definition) is 1. The number of amidine groups is 2. The summed E-state index contributed by atoms with van der Waals surface area (Å²) in [6.07, 6.45) is 3.19. The van der Waals surface area contributed by atoms with E-state index in [0.717, 1.165) is 11.3 Å². The maximum Gasteiger partial charge on any atom is 0.282 e. The minimum Gasteiger partial charge on any atom is -0.493 e. The van der Waals surface area contributed by atoms with E-state index in [1.807, 2.05) is 26.0 Å². The van der Waals surface area contributed by atoms with Crippen LogP contribution in [0.5, 0.6) is 17.2 Å². The van der Waals surface area contributed by atoms with Gasteiger partial charge in [0.25, 0.3) is 5.91 Å². The van der Waals surface area contributed by atoms with Crippen molar-refractivity contribution < 1.29 is 23.8 Å². The fourth-order valence-electron chi connectivity index (χ4n) is 3.52. The molecule has 0 aliphatic carbocycles. The summed E-state index contributed by atoms with van der Waals surface area (Å²) in [6, 6.07) is 11.3. The lowest BCUT2D eigenvalue weighted by Crippen LogP contribution is -2.38. The number of aliphatic imine (C=N–C) groups is 1. The zero-order chi connectivity index (χ0) is 23.5. The average Bonchev–Trinajstić information content (AvgIpc) is 3.16. The molecule has 0 saturated heterocycles. The van der Waals surface area contributed by atoms with Crippen molar-refractivity contribution in [3.05, 3.63) is 70.5 Å². The molecule has 2 aliphatic rings. The number of nitrogens with zero attached hydrogens (tertiary/aromatic N) is 2. The Morgan fingerprint density at radius 1 is 1.03 bits per heavy atom. The molecule has 0 aromatic heterocycles. The van der Waals surface area contributed by atoms with Crippen molar-refractivity contribution in [2.75, 3.05) is 20.3 Å². The Bertz CT molecular complexity index is 1210. The van der Waals surface area contributed by atoms with E-state index in [-0.39, 0.29) is 11.4 Å². The van der Waals surface area contributed by atoms with E-state index in [2.05, 4.69) is 11.1 Å². The lowest BCUT2D eigenvalue weighted by atomic mass is 10.1. The molecule has 8 nitrogen and oxygen atoms in total. The summed E-state index contributed by atoms with van der Waals surface area (Å²) in [5.74, 6) is 2.20. The molecule has 1 N–H and O–H groups in total. The van der Waals surface area contributed by atoms with Gasteiger partial charge in [-0.25, -0.2) is 0 Å². The Morgan fingerprint density at radius 3 is 2.48 bits per heavy atom. The van der Waals surface area contributed by atoms with Gasteiger partial charge in [-0.15, -0.1) is 5.06 Å². The summed E-state index contributed by atoms with van der Waals surface area (Å²) in [5.41, 5.74) is 3.06. The number of nitrogens with one attached hydrogen (secondary N) is 1. The molecule has 2 aromatic carbocycles. The third-order valence-corrected chi connectivity index (χ3v) is 5.11. The number of aryl methyl sites for hydroxylation is 2. The number of carbonyl (C=O) groups excluding carboxylic acids is 1. The predicted octanol–water partition coefficient (Wildman–Crippen LogP) is 4.22. The van der Waals surface area contributed by atoms with Crippen LogP contribution in [0.2, 0.25) is 0 Å². The van der Waals surface area contributed by atoms with Gasteiger partial charge in [0.15, 0.2) is 23.2 Å². The molecule has 0 fully saturated rings. The van der Waals surface area contributed by atoms with Crippen LogP contribution in [0.3, 0.4) is 0 Å². The minimum absolute atomic E-state index is 0.0686.